The van der Waals surface area contributed by atoms with Gasteiger partial charge < -0.3 is 10.1 Å². The third-order valence-corrected chi connectivity index (χ3v) is 3.50. The summed E-state index contributed by atoms with van der Waals surface area (Å²) in [6, 6.07) is 0. The molecule has 1 aliphatic rings. The van der Waals surface area contributed by atoms with Gasteiger partial charge in [-0.2, -0.15) is 15.1 Å². The molecule has 2 atom stereocenters. The second-order valence-electron chi connectivity index (χ2n) is 4.68. The van der Waals surface area contributed by atoms with Crippen molar-refractivity contribution in [3.8, 4) is 0 Å². The zero-order valence-electron chi connectivity index (χ0n) is 10.7. The predicted octanol–water partition coefficient (Wildman–Crippen LogP) is 0.475. The lowest BCUT2D eigenvalue weighted by molar-refractivity contribution is 0.108. The first kappa shape index (κ1) is 12.1. The molecule has 0 saturated carbocycles. The first-order chi connectivity index (χ1) is 9.28. The third-order valence-electron chi connectivity index (χ3n) is 3.50. The summed E-state index contributed by atoms with van der Waals surface area (Å²) in [5.41, 5.74) is 3.11. The fourth-order valence-corrected chi connectivity index (χ4v) is 2.31. The van der Waals surface area contributed by atoms with Gasteiger partial charge in [-0.25, -0.2) is 5.84 Å². The highest BCUT2D eigenvalue weighted by Crippen LogP contribution is 2.23. The van der Waals surface area contributed by atoms with Crippen LogP contribution in [0.1, 0.15) is 13.3 Å². The molecule has 2 unspecified atom stereocenters. The van der Waals surface area contributed by atoms with Crippen LogP contribution in [0.5, 0.6) is 0 Å². The van der Waals surface area contributed by atoms with Gasteiger partial charge in [-0.3, -0.25) is 10.5 Å². The van der Waals surface area contributed by atoms with Crippen LogP contribution in [0, 0.1) is 5.92 Å². The molecule has 0 aromatic carbocycles. The Balaban J connectivity index is 1.81. The van der Waals surface area contributed by atoms with Crippen molar-refractivity contribution >= 4 is 22.8 Å². The highest BCUT2D eigenvalue weighted by atomic mass is 16.5. The van der Waals surface area contributed by atoms with Crippen LogP contribution in [-0.4, -0.2) is 39.4 Å². The van der Waals surface area contributed by atoms with Gasteiger partial charge >= 0.3 is 0 Å². The Bertz CT molecular complexity index is 569. The van der Waals surface area contributed by atoms with Crippen molar-refractivity contribution in [2.24, 2.45) is 11.8 Å². The highest BCUT2D eigenvalue weighted by molar-refractivity contribution is 5.86. The third kappa shape index (κ3) is 2.32. The summed E-state index contributed by atoms with van der Waals surface area (Å²) in [6.07, 6.45) is 3.05. The normalized spacial score (nSPS) is 22.8. The second kappa shape index (κ2) is 4.98. The van der Waals surface area contributed by atoms with E-state index in [0.717, 1.165) is 30.8 Å². The average Bonchev–Trinajstić information content (AvgIpc) is 3.04. The molecule has 1 saturated heterocycles. The zero-order valence-corrected chi connectivity index (χ0v) is 10.7. The molecular formula is C11H17N7O. The summed E-state index contributed by atoms with van der Waals surface area (Å²) in [6.45, 7) is 3.73. The Hall–Kier alpha value is -1.93. The van der Waals surface area contributed by atoms with Gasteiger partial charge in [-0.15, -0.1) is 0 Å². The number of rotatable bonds is 4. The number of nitrogens with zero attached hydrogens (tertiary/aromatic N) is 3. The molecular weight excluding hydrogens is 246 g/mol. The highest BCUT2D eigenvalue weighted by Gasteiger charge is 2.24. The maximum absolute atomic E-state index is 5.55. The molecule has 0 radical (unpaired) electrons. The van der Waals surface area contributed by atoms with Crippen molar-refractivity contribution in [3.05, 3.63) is 6.20 Å². The molecule has 0 bridgehead atoms. The van der Waals surface area contributed by atoms with E-state index in [2.05, 4.69) is 37.8 Å². The van der Waals surface area contributed by atoms with Crippen molar-refractivity contribution in [1.82, 2.24) is 20.2 Å². The van der Waals surface area contributed by atoms with E-state index in [4.69, 9.17) is 10.6 Å². The molecule has 0 spiro atoms. The molecule has 102 valence electrons. The van der Waals surface area contributed by atoms with E-state index in [1.165, 1.54) is 0 Å². The van der Waals surface area contributed by atoms with Gasteiger partial charge in [-0.1, -0.05) is 0 Å². The Morgan fingerprint density at radius 3 is 3.16 bits per heavy atom. The smallest absolute Gasteiger partial charge is 0.241 e. The second-order valence-corrected chi connectivity index (χ2v) is 4.68. The number of anilines is 2. The molecule has 0 amide bonds. The number of hydrogen-bond acceptors (Lipinski definition) is 7. The van der Waals surface area contributed by atoms with Crippen LogP contribution in [-0.2, 0) is 4.74 Å². The fraction of sp³-hybridized carbons (Fsp3) is 0.545. The number of nitrogens with one attached hydrogen (secondary N) is 3. The van der Waals surface area contributed by atoms with Crippen molar-refractivity contribution in [3.63, 3.8) is 0 Å². The van der Waals surface area contributed by atoms with Crippen molar-refractivity contribution in [1.29, 1.82) is 0 Å². The molecule has 1 fully saturated rings. The number of aromatic nitrogens is 4. The van der Waals surface area contributed by atoms with Crippen LogP contribution < -0.4 is 16.6 Å². The fourth-order valence-electron chi connectivity index (χ4n) is 2.31. The van der Waals surface area contributed by atoms with Crippen LogP contribution in [0.15, 0.2) is 6.20 Å². The van der Waals surface area contributed by atoms with Crippen LogP contribution in [0.4, 0.5) is 11.8 Å². The first-order valence-electron chi connectivity index (χ1n) is 6.31. The molecule has 1 aliphatic heterocycles. The number of nitrogen functional groups attached to an aromatic ring is 1. The number of fused-ring (bicyclic) bond motifs is 1. The van der Waals surface area contributed by atoms with E-state index in [-0.39, 0.29) is 6.10 Å². The summed E-state index contributed by atoms with van der Waals surface area (Å²) in [5, 5.41) is 11.0. The zero-order chi connectivity index (χ0) is 13.2. The molecule has 19 heavy (non-hydrogen) atoms. The molecule has 2 aromatic rings. The molecule has 3 rings (SSSR count). The molecule has 5 N–H and O–H groups in total. The minimum Gasteiger partial charge on any atom is -0.378 e. The number of ether oxygens (including phenoxy) is 1. The number of aromatic amines is 1. The summed E-state index contributed by atoms with van der Waals surface area (Å²) >= 11 is 0. The van der Waals surface area contributed by atoms with E-state index in [0.29, 0.717) is 17.5 Å². The quantitative estimate of drug-likeness (QED) is 0.468. The van der Waals surface area contributed by atoms with Crippen LogP contribution >= 0.6 is 0 Å². The van der Waals surface area contributed by atoms with Crippen LogP contribution in [0.25, 0.3) is 11.0 Å². The van der Waals surface area contributed by atoms with Crippen molar-refractivity contribution in [2.45, 2.75) is 19.4 Å². The monoisotopic (exact) mass is 263 g/mol. The van der Waals surface area contributed by atoms with E-state index >= 15 is 0 Å². The molecule has 3 heterocycles. The van der Waals surface area contributed by atoms with Crippen LogP contribution in [0.2, 0.25) is 0 Å². The standard InChI is InChI=1S/C11H17N7O/c1-6-7(2-3-19-6)4-13-9-8-5-14-18-10(8)16-11(15-9)17-12/h5-7H,2-4,12H2,1H3,(H3,13,14,15,16,17,18). The Morgan fingerprint density at radius 2 is 2.42 bits per heavy atom. The summed E-state index contributed by atoms with van der Waals surface area (Å²) in [4.78, 5) is 8.50. The maximum Gasteiger partial charge on any atom is 0.241 e. The molecule has 8 heteroatoms. The van der Waals surface area contributed by atoms with E-state index in [1.807, 2.05) is 0 Å². The lowest BCUT2D eigenvalue weighted by Gasteiger charge is -2.15. The van der Waals surface area contributed by atoms with E-state index in [9.17, 15) is 0 Å². The number of H-pyrrole nitrogens is 1. The first-order valence-corrected chi connectivity index (χ1v) is 6.31. The van der Waals surface area contributed by atoms with Gasteiger partial charge in [0.05, 0.1) is 17.7 Å². The molecule has 0 aliphatic carbocycles. The van der Waals surface area contributed by atoms with Gasteiger partial charge in [0.1, 0.15) is 5.82 Å². The van der Waals surface area contributed by atoms with Gasteiger partial charge in [0.2, 0.25) is 5.95 Å². The Morgan fingerprint density at radius 1 is 1.53 bits per heavy atom. The minimum atomic E-state index is 0.279. The Kier molecular flexibility index (Phi) is 3.18. The van der Waals surface area contributed by atoms with Gasteiger partial charge in [-0.05, 0) is 13.3 Å². The van der Waals surface area contributed by atoms with Gasteiger partial charge in [0.15, 0.2) is 5.65 Å². The lowest BCUT2D eigenvalue weighted by Crippen LogP contribution is -2.21. The summed E-state index contributed by atoms with van der Waals surface area (Å²) in [7, 11) is 0. The summed E-state index contributed by atoms with van der Waals surface area (Å²) < 4.78 is 5.55. The van der Waals surface area contributed by atoms with Crippen molar-refractivity contribution < 1.29 is 4.74 Å². The number of hydrazine groups is 1. The summed E-state index contributed by atoms with van der Waals surface area (Å²) in [5.74, 6) is 6.94. The van der Waals surface area contributed by atoms with E-state index < -0.39 is 0 Å². The topological polar surface area (TPSA) is 114 Å². The van der Waals surface area contributed by atoms with Gasteiger partial charge in [0, 0.05) is 19.1 Å². The molecule has 8 nitrogen and oxygen atoms in total. The minimum absolute atomic E-state index is 0.279. The SMILES string of the molecule is CC1OCCC1CNc1nc(NN)nc2[nH]ncc12. The largest absolute Gasteiger partial charge is 0.378 e. The number of hydrogen-bond donors (Lipinski definition) is 4. The molecule has 2 aromatic heterocycles. The van der Waals surface area contributed by atoms with Crippen molar-refractivity contribution in [2.75, 3.05) is 23.9 Å². The van der Waals surface area contributed by atoms with Crippen LogP contribution in [0.3, 0.4) is 0 Å². The Labute approximate surface area is 110 Å². The van der Waals surface area contributed by atoms with E-state index in [1.54, 1.807) is 6.20 Å². The maximum atomic E-state index is 5.55. The lowest BCUT2D eigenvalue weighted by atomic mass is 10.0. The predicted molar refractivity (Wildman–Crippen MR) is 71.5 cm³/mol. The van der Waals surface area contributed by atoms with Gasteiger partial charge in [0.25, 0.3) is 0 Å². The number of nitrogens with two attached hydrogens (primary N) is 1. The average molecular weight is 263 g/mol.